The summed E-state index contributed by atoms with van der Waals surface area (Å²) in [4.78, 5) is 13.6. The van der Waals surface area contributed by atoms with Crippen molar-refractivity contribution >= 4 is 23.5 Å². The third-order valence-corrected chi connectivity index (χ3v) is 5.68. The summed E-state index contributed by atoms with van der Waals surface area (Å²) in [5.74, 6) is 0.941. The highest BCUT2D eigenvalue weighted by atomic mass is 19.1. The van der Waals surface area contributed by atoms with Crippen LogP contribution in [0.3, 0.4) is 0 Å². The van der Waals surface area contributed by atoms with Gasteiger partial charge in [-0.3, -0.25) is 0 Å². The molecule has 1 aliphatic heterocycles. The summed E-state index contributed by atoms with van der Waals surface area (Å²) in [6.45, 7) is 3.74. The van der Waals surface area contributed by atoms with Gasteiger partial charge in [0.2, 0.25) is 17.8 Å². The second-order valence-electron chi connectivity index (χ2n) is 7.98. The van der Waals surface area contributed by atoms with Gasteiger partial charge in [0.1, 0.15) is 0 Å². The van der Waals surface area contributed by atoms with Gasteiger partial charge in [0.25, 0.3) is 0 Å². The molecule has 9 heteroatoms. The van der Waals surface area contributed by atoms with Gasteiger partial charge in [-0.15, -0.1) is 0 Å². The van der Waals surface area contributed by atoms with Crippen molar-refractivity contribution in [1.82, 2.24) is 20.3 Å². The monoisotopic (exact) mass is 451 g/mol. The first-order valence-corrected chi connectivity index (χ1v) is 11.3. The van der Waals surface area contributed by atoms with Crippen molar-refractivity contribution < 1.29 is 9.13 Å². The van der Waals surface area contributed by atoms with Gasteiger partial charge in [-0.05, 0) is 43.5 Å². The van der Waals surface area contributed by atoms with Crippen molar-refractivity contribution in [2.24, 2.45) is 0 Å². The van der Waals surface area contributed by atoms with E-state index in [0.717, 1.165) is 24.9 Å². The van der Waals surface area contributed by atoms with Gasteiger partial charge in [-0.1, -0.05) is 37.3 Å². The number of benzene rings is 2. The van der Waals surface area contributed by atoms with E-state index in [1.807, 2.05) is 30.3 Å². The van der Waals surface area contributed by atoms with E-state index in [9.17, 15) is 4.39 Å². The minimum atomic E-state index is -0.462. The molecule has 33 heavy (non-hydrogen) atoms. The number of nitrogens with zero attached hydrogens (tertiary/aromatic N) is 3. The minimum absolute atomic E-state index is 0.179. The van der Waals surface area contributed by atoms with Crippen molar-refractivity contribution in [2.45, 2.75) is 44.8 Å². The zero-order chi connectivity index (χ0) is 23.0. The predicted molar refractivity (Wildman–Crippen MR) is 129 cm³/mol. The summed E-state index contributed by atoms with van der Waals surface area (Å²) in [5, 5.41) is 13.4. The van der Waals surface area contributed by atoms with Crippen LogP contribution < -0.4 is 26.0 Å². The highest BCUT2D eigenvalue weighted by Gasteiger charge is 2.24. The molecular weight excluding hydrogens is 421 g/mol. The number of anilines is 4. The van der Waals surface area contributed by atoms with Gasteiger partial charge < -0.3 is 26.0 Å². The van der Waals surface area contributed by atoms with Crippen molar-refractivity contribution in [3.63, 3.8) is 0 Å². The number of methoxy groups -OCH3 is 1. The predicted octanol–water partition coefficient (Wildman–Crippen LogP) is 4.32. The summed E-state index contributed by atoms with van der Waals surface area (Å²) >= 11 is 0. The first kappa shape index (κ1) is 22.7. The van der Waals surface area contributed by atoms with Crippen LogP contribution in [0.2, 0.25) is 0 Å². The summed E-state index contributed by atoms with van der Waals surface area (Å²) in [7, 11) is 1.43. The Bertz CT molecular complexity index is 1040. The lowest BCUT2D eigenvalue weighted by atomic mass is 10.0. The number of hydrogen-bond acceptors (Lipinski definition) is 8. The molecule has 2 heterocycles. The van der Waals surface area contributed by atoms with Crippen LogP contribution in [0.25, 0.3) is 0 Å². The molecule has 174 valence electrons. The molecule has 1 aliphatic rings. The Labute approximate surface area is 193 Å². The number of ether oxygens (including phenoxy) is 1. The fourth-order valence-corrected chi connectivity index (χ4v) is 3.93. The van der Waals surface area contributed by atoms with Gasteiger partial charge in [0, 0.05) is 30.4 Å². The molecule has 0 radical (unpaired) electrons. The van der Waals surface area contributed by atoms with E-state index < -0.39 is 5.82 Å². The molecule has 1 aromatic heterocycles. The van der Waals surface area contributed by atoms with E-state index in [1.165, 1.54) is 19.6 Å². The molecule has 0 bridgehead atoms. The average molecular weight is 452 g/mol. The molecule has 0 saturated carbocycles. The quantitative estimate of drug-likeness (QED) is 0.362. The van der Waals surface area contributed by atoms with Gasteiger partial charge in [-0.2, -0.15) is 15.0 Å². The minimum Gasteiger partial charge on any atom is -0.494 e. The first-order valence-electron chi connectivity index (χ1n) is 11.3. The number of halogens is 1. The molecular formula is C24H30FN7O. The molecule has 1 fully saturated rings. The van der Waals surface area contributed by atoms with Crippen LogP contribution in [-0.4, -0.2) is 40.7 Å². The van der Waals surface area contributed by atoms with E-state index in [1.54, 1.807) is 12.1 Å². The second-order valence-corrected chi connectivity index (χ2v) is 7.98. The molecule has 0 aliphatic carbocycles. The van der Waals surface area contributed by atoms with Gasteiger partial charge in [0.05, 0.1) is 7.11 Å². The van der Waals surface area contributed by atoms with E-state index in [-0.39, 0.29) is 11.8 Å². The van der Waals surface area contributed by atoms with E-state index in [0.29, 0.717) is 36.1 Å². The first-order chi connectivity index (χ1) is 16.1. The van der Waals surface area contributed by atoms with Crippen LogP contribution >= 0.6 is 0 Å². The smallest absolute Gasteiger partial charge is 0.233 e. The Morgan fingerprint density at radius 1 is 1.09 bits per heavy atom. The lowest BCUT2D eigenvalue weighted by Gasteiger charge is -2.24. The molecule has 0 amide bonds. The molecule has 2 unspecified atom stereocenters. The molecule has 1 saturated heterocycles. The Hall–Kier alpha value is -3.46. The van der Waals surface area contributed by atoms with Crippen LogP contribution in [0, 0.1) is 5.82 Å². The normalized spacial score (nSPS) is 16.3. The number of aromatic nitrogens is 3. The largest absolute Gasteiger partial charge is 0.494 e. The summed E-state index contributed by atoms with van der Waals surface area (Å²) < 4.78 is 19.2. The molecule has 4 N–H and O–H groups in total. The van der Waals surface area contributed by atoms with Crippen LogP contribution in [-0.2, 0) is 6.54 Å². The van der Waals surface area contributed by atoms with Crippen molar-refractivity contribution in [3.8, 4) is 5.75 Å². The molecule has 8 nitrogen and oxygen atoms in total. The van der Waals surface area contributed by atoms with Gasteiger partial charge in [0.15, 0.2) is 11.6 Å². The lowest BCUT2D eigenvalue weighted by molar-refractivity contribution is 0.386. The second kappa shape index (κ2) is 10.9. The van der Waals surface area contributed by atoms with Gasteiger partial charge >= 0.3 is 0 Å². The molecule has 0 spiro atoms. The van der Waals surface area contributed by atoms with E-state index in [2.05, 4.69) is 43.1 Å². The zero-order valence-electron chi connectivity index (χ0n) is 18.9. The SMILES string of the molecule is CCC(Nc1nc(NCc2ccccc2)nc(Nc2ccc(OC)c(F)c2)n1)C1CCCN1. The fraction of sp³-hybridized carbons (Fsp3) is 0.375. The number of rotatable bonds is 10. The highest BCUT2D eigenvalue weighted by Crippen LogP contribution is 2.24. The summed E-state index contributed by atoms with van der Waals surface area (Å²) in [6, 6.07) is 15.2. The van der Waals surface area contributed by atoms with Crippen LogP contribution in [0.5, 0.6) is 5.75 Å². The number of nitrogens with one attached hydrogen (secondary N) is 4. The maximum absolute atomic E-state index is 14.2. The molecule has 2 atom stereocenters. The van der Waals surface area contributed by atoms with E-state index >= 15 is 0 Å². The Balaban J connectivity index is 1.56. The average Bonchev–Trinajstić information content (AvgIpc) is 3.37. The van der Waals surface area contributed by atoms with E-state index in [4.69, 9.17) is 4.74 Å². The third kappa shape index (κ3) is 6.07. The third-order valence-electron chi connectivity index (χ3n) is 5.68. The van der Waals surface area contributed by atoms with Crippen molar-refractivity contribution in [3.05, 3.63) is 59.9 Å². The maximum atomic E-state index is 14.2. The zero-order valence-corrected chi connectivity index (χ0v) is 18.9. The fourth-order valence-electron chi connectivity index (χ4n) is 3.93. The maximum Gasteiger partial charge on any atom is 0.233 e. The van der Waals surface area contributed by atoms with Crippen LogP contribution in [0.15, 0.2) is 48.5 Å². The molecule has 2 aromatic carbocycles. The topological polar surface area (TPSA) is 96.0 Å². The Morgan fingerprint density at radius 3 is 2.58 bits per heavy atom. The van der Waals surface area contributed by atoms with Crippen LogP contribution in [0.4, 0.5) is 27.9 Å². The van der Waals surface area contributed by atoms with Crippen molar-refractivity contribution in [2.75, 3.05) is 29.6 Å². The van der Waals surface area contributed by atoms with Crippen LogP contribution in [0.1, 0.15) is 31.7 Å². The molecule has 4 rings (SSSR count). The summed E-state index contributed by atoms with van der Waals surface area (Å²) in [6.07, 6.45) is 3.22. The molecule has 3 aromatic rings. The Kier molecular flexibility index (Phi) is 7.51. The Morgan fingerprint density at radius 2 is 1.88 bits per heavy atom. The lowest BCUT2D eigenvalue weighted by Crippen LogP contribution is -2.40. The number of hydrogen-bond donors (Lipinski definition) is 4. The van der Waals surface area contributed by atoms with Crippen molar-refractivity contribution in [1.29, 1.82) is 0 Å². The standard InChI is InChI=1S/C24H30FN7O/c1-3-19(20-10-7-13-26-20)29-24-31-22(27-15-16-8-5-4-6-9-16)30-23(32-24)28-17-11-12-21(33-2)18(25)14-17/h4-6,8-9,11-12,14,19-20,26H,3,7,10,13,15H2,1-2H3,(H3,27,28,29,30,31,32). The highest BCUT2D eigenvalue weighted by molar-refractivity contribution is 5.57. The van der Waals surface area contributed by atoms with Gasteiger partial charge in [-0.25, -0.2) is 4.39 Å². The summed E-state index contributed by atoms with van der Waals surface area (Å²) in [5.41, 5.74) is 1.63.